The first-order valence-corrected chi connectivity index (χ1v) is 19.2. The van der Waals surface area contributed by atoms with Crippen LogP contribution in [0.15, 0.2) is 201 Å². The predicted octanol–water partition coefficient (Wildman–Crippen LogP) is 12.7. The maximum absolute atomic E-state index is 6.45. The highest BCUT2D eigenvalue weighted by Crippen LogP contribution is 2.40. The number of hydrogen-bond acceptors (Lipinski definition) is 5. The molecule has 0 spiro atoms. The Morgan fingerprint density at radius 2 is 1.16 bits per heavy atom. The normalized spacial score (nSPS) is 14.5. The van der Waals surface area contributed by atoms with Gasteiger partial charge in [-0.25, -0.2) is 9.98 Å². The van der Waals surface area contributed by atoms with Crippen LogP contribution in [0.2, 0.25) is 0 Å². The van der Waals surface area contributed by atoms with Crippen molar-refractivity contribution >= 4 is 77.4 Å². The molecule has 0 radical (unpaired) electrons. The molecule has 1 aliphatic heterocycles. The van der Waals surface area contributed by atoms with E-state index in [1.54, 1.807) is 0 Å². The second-order valence-electron chi connectivity index (χ2n) is 14.6. The highest BCUT2D eigenvalue weighted by molar-refractivity contribution is 6.22. The van der Waals surface area contributed by atoms with E-state index in [9.17, 15) is 0 Å². The second-order valence-corrected chi connectivity index (χ2v) is 14.6. The van der Waals surface area contributed by atoms with Gasteiger partial charge in [0.1, 0.15) is 34.3 Å². The fraction of sp³-hybridized carbons (Fsp3) is 0.0196. The van der Waals surface area contributed by atoms with E-state index in [0.29, 0.717) is 5.84 Å². The fourth-order valence-electron chi connectivity index (χ4n) is 8.67. The first-order valence-electron chi connectivity index (χ1n) is 19.2. The largest absolute Gasteiger partial charge is 0.456 e. The highest BCUT2D eigenvalue weighted by atomic mass is 16.3. The molecule has 6 heteroatoms. The van der Waals surface area contributed by atoms with E-state index in [2.05, 4.69) is 131 Å². The van der Waals surface area contributed by atoms with E-state index in [0.717, 1.165) is 94.3 Å². The van der Waals surface area contributed by atoms with E-state index in [1.165, 1.54) is 10.8 Å². The Labute approximate surface area is 326 Å². The Kier molecular flexibility index (Phi) is 6.89. The molecule has 0 fully saturated rings. The van der Waals surface area contributed by atoms with Crippen LogP contribution in [0.4, 0.5) is 0 Å². The quantitative estimate of drug-likeness (QED) is 0.192. The summed E-state index contributed by atoms with van der Waals surface area (Å²) in [5.41, 5.74) is 11.9. The number of para-hydroxylation sites is 4. The van der Waals surface area contributed by atoms with Gasteiger partial charge in [-0.05, 0) is 59.7 Å². The Balaban J connectivity index is 1.01. The van der Waals surface area contributed by atoms with Gasteiger partial charge in [0.2, 0.25) is 0 Å². The molecule has 1 atom stereocenters. The molecule has 0 saturated carbocycles. The molecule has 57 heavy (non-hydrogen) atoms. The van der Waals surface area contributed by atoms with E-state index >= 15 is 0 Å². The number of rotatable bonds is 5. The number of aliphatic imine (C=N–C) groups is 2. The summed E-state index contributed by atoms with van der Waals surface area (Å²) in [6.07, 6.45) is -0.339. The molecule has 0 amide bonds. The summed E-state index contributed by atoms with van der Waals surface area (Å²) in [4.78, 5) is 10.5. The summed E-state index contributed by atoms with van der Waals surface area (Å²) in [6.45, 7) is 0. The van der Waals surface area contributed by atoms with Gasteiger partial charge in [-0.3, -0.25) is 0 Å². The molecule has 3 aromatic heterocycles. The van der Waals surface area contributed by atoms with Crippen molar-refractivity contribution in [3.63, 3.8) is 0 Å². The van der Waals surface area contributed by atoms with Gasteiger partial charge in [0.05, 0.1) is 11.0 Å². The third-order valence-corrected chi connectivity index (χ3v) is 11.3. The van der Waals surface area contributed by atoms with Gasteiger partial charge in [0, 0.05) is 54.7 Å². The van der Waals surface area contributed by atoms with Crippen molar-refractivity contribution in [2.75, 3.05) is 0 Å². The maximum Gasteiger partial charge on any atom is 0.159 e. The molecule has 0 aliphatic carbocycles. The van der Waals surface area contributed by atoms with Gasteiger partial charge in [-0.1, -0.05) is 133 Å². The van der Waals surface area contributed by atoms with Crippen LogP contribution >= 0.6 is 0 Å². The average Bonchev–Trinajstić information content (AvgIpc) is 3.96. The minimum Gasteiger partial charge on any atom is -0.456 e. The van der Waals surface area contributed by atoms with E-state index in [1.807, 2.05) is 60.7 Å². The Bertz CT molecular complexity index is 3460. The molecule has 11 aromatic rings. The number of nitrogens with one attached hydrogen (secondary N) is 1. The van der Waals surface area contributed by atoms with Crippen LogP contribution < -0.4 is 5.32 Å². The zero-order chi connectivity index (χ0) is 37.5. The van der Waals surface area contributed by atoms with Crippen molar-refractivity contribution in [2.24, 2.45) is 9.98 Å². The van der Waals surface area contributed by atoms with E-state index < -0.39 is 0 Å². The minimum atomic E-state index is -0.339. The molecule has 4 heterocycles. The molecular weight excluding hydrogens is 701 g/mol. The summed E-state index contributed by atoms with van der Waals surface area (Å²) < 4.78 is 15.1. The van der Waals surface area contributed by atoms with Crippen LogP contribution in [-0.2, 0) is 0 Å². The SMILES string of the molecule is c1ccc(C2N=C(c3cccc(-n4c5ccccc5c5cc(-c6cccc7c6oc6ccccc67)ccc54)c3)N=C(c3cccc4oc5ccccc5c34)N2)cc1. The number of nitrogens with zero attached hydrogens (tertiary/aromatic N) is 3. The smallest absolute Gasteiger partial charge is 0.159 e. The molecule has 1 unspecified atom stereocenters. The number of furan rings is 2. The Morgan fingerprint density at radius 1 is 0.474 bits per heavy atom. The molecule has 6 nitrogen and oxygen atoms in total. The van der Waals surface area contributed by atoms with Gasteiger partial charge >= 0.3 is 0 Å². The summed E-state index contributed by atoms with van der Waals surface area (Å²) in [7, 11) is 0. The zero-order valence-corrected chi connectivity index (χ0v) is 30.6. The van der Waals surface area contributed by atoms with Crippen molar-refractivity contribution < 1.29 is 8.83 Å². The summed E-state index contributed by atoms with van der Waals surface area (Å²) in [6, 6.07) is 63.3. The maximum atomic E-state index is 6.45. The highest BCUT2D eigenvalue weighted by Gasteiger charge is 2.24. The van der Waals surface area contributed by atoms with Gasteiger partial charge in [-0.15, -0.1) is 0 Å². The van der Waals surface area contributed by atoms with Crippen molar-refractivity contribution in [1.82, 2.24) is 9.88 Å². The minimum absolute atomic E-state index is 0.339. The first kappa shape index (κ1) is 31.6. The molecule has 1 N–H and O–H groups in total. The lowest BCUT2D eigenvalue weighted by atomic mass is 10.0. The van der Waals surface area contributed by atoms with E-state index in [-0.39, 0.29) is 6.17 Å². The monoisotopic (exact) mass is 732 g/mol. The third-order valence-electron chi connectivity index (χ3n) is 11.3. The number of aromatic nitrogens is 1. The van der Waals surface area contributed by atoms with Crippen LogP contribution in [0.3, 0.4) is 0 Å². The topological polar surface area (TPSA) is 68.0 Å². The van der Waals surface area contributed by atoms with Crippen molar-refractivity contribution in [2.45, 2.75) is 6.17 Å². The molecular formula is C51H32N4O2. The fourth-order valence-corrected chi connectivity index (χ4v) is 8.67. The van der Waals surface area contributed by atoms with Crippen molar-refractivity contribution in [1.29, 1.82) is 0 Å². The molecule has 12 rings (SSSR count). The van der Waals surface area contributed by atoms with Crippen LogP contribution in [0.1, 0.15) is 22.9 Å². The van der Waals surface area contributed by atoms with Gasteiger partial charge in [0.15, 0.2) is 5.84 Å². The lowest BCUT2D eigenvalue weighted by Gasteiger charge is -2.24. The van der Waals surface area contributed by atoms with Crippen LogP contribution in [0.5, 0.6) is 0 Å². The van der Waals surface area contributed by atoms with Crippen LogP contribution in [-0.4, -0.2) is 16.2 Å². The molecule has 268 valence electrons. The molecule has 0 saturated heterocycles. The van der Waals surface area contributed by atoms with Crippen LogP contribution in [0, 0.1) is 0 Å². The summed E-state index contributed by atoms with van der Waals surface area (Å²) >= 11 is 0. The zero-order valence-electron chi connectivity index (χ0n) is 30.6. The number of hydrogen-bond donors (Lipinski definition) is 1. The number of benzene rings is 8. The lowest BCUT2D eigenvalue weighted by Crippen LogP contribution is -2.33. The van der Waals surface area contributed by atoms with Gasteiger partial charge in [-0.2, -0.15) is 0 Å². The molecule has 8 aromatic carbocycles. The molecule has 0 bridgehead atoms. The Morgan fingerprint density at radius 3 is 2.05 bits per heavy atom. The van der Waals surface area contributed by atoms with Crippen molar-refractivity contribution in [3.8, 4) is 16.8 Å². The average molecular weight is 733 g/mol. The third kappa shape index (κ3) is 4.97. The summed E-state index contributed by atoms with van der Waals surface area (Å²) in [5.74, 6) is 1.41. The first-order chi connectivity index (χ1) is 28.2. The Hall–Kier alpha value is -7.70. The van der Waals surface area contributed by atoms with Gasteiger partial charge in [0.25, 0.3) is 0 Å². The number of amidine groups is 2. The lowest BCUT2D eigenvalue weighted by molar-refractivity contribution is 0.667. The van der Waals surface area contributed by atoms with Gasteiger partial charge < -0.3 is 18.7 Å². The summed E-state index contributed by atoms with van der Waals surface area (Å²) in [5, 5.41) is 10.4. The van der Waals surface area contributed by atoms with Crippen LogP contribution in [0.25, 0.3) is 82.5 Å². The number of fused-ring (bicyclic) bond motifs is 9. The predicted molar refractivity (Wildman–Crippen MR) is 233 cm³/mol. The van der Waals surface area contributed by atoms with E-state index in [4.69, 9.17) is 18.8 Å². The standard InChI is InChI=1S/C51H32N4O2/c1-2-13-31(14-3-1)49-52-50(54-51(53-49)40-22-12-26-46-47(40)39-19-6-9-25-45(39)56-46)33-15-10-16-34(29-33)55-42-23-7-4-17-36(42)41-30-32(27-28-43(41)55)35-20-11-21-38-37-18-5-8-24-44(37)57-48(35)38/h1-30,49H,(H,52,53,54). The second kappa shape index (κ2) is 12.4. The molecule has 1 aliphatic rings. The van der Waals surface area contributed by atoms with Crippen molar-refractivity contribution in [3.05, 3.63) is 199 Å².